The summed E-state index contributed by atoms with van der Waals surface area (Å²) in [6.07, 6.45) is -1.86. The number of nitrogens with two attached hydrogens (primary N) is 1. The maximum absolute atomic E-state index is 13.7. The summed E-state index contributed by atoms with van der Waals surface area (Å²) in [4.78, 5) is 88.2. The molecule has 0 saturated heterocycles. The van der Waals surface area contributed by atoms with Gasteiger partial charge in [-0.15, -0.1) is 0 Å². The van der Waals surface area contributed by atoms with Gasteiger partial charge < -0.3 is 36.8 Å². The van der Waals surface area contributed by atoms with Crippen molar-refractivity contribution < 1.29 is 43.8 Å². The Labute approximate surface area is 268 Å². The Bertz CT molecular complexity index is 1740. The first kappa shape index (κ1) is 33.8. The van der Waals surface area contributed by atoms with Crippen LogP contribution in [0.3, 0.4) is 0 Å². The van der Waals surface area contributed by atoms with Gasteiger partial charge in [-0.05, 0) is 54.4 Å². The Balaban J connectivity index is 1.50. The van der Waals surface area contributed by atoms with Crippen molar-refractivity contribution >= 4 is 64.2 Å². The number of rotatable bonds is 12. The van der Waals surface area contributed by atoms with Crippen LogP contribution in [0.2, 0.25) is 0 Å². The third kappa shape index (κ3) is 8.78. The number of Topliss-reactive ketones (excluding diaryl/α,β-unsaturated/α-hetero) is 1. The lowest BCUT2D eigenvalue weighted by molar-refractivity contribution is -0.141. The molecule has 0 fully saturated rings. The van der Waals surface area contributed by atoms with Crippen molar-refractivity contribution in [2.24, 2.45) is 17.6 Å². The monoisotopic (exact) mass is 643 g/mol. The van der Waals surface area contributed by atoms with Crippen molar-refractivity contribution in [3.63, 3.8) is 0 Å². The molecule has 1 heterocycles. The lowest BCUT2D eigenvalue weighted by Gasteiger charge is -2.22. The van der Waals surface area contributed by atoms with Crippen LogP contribution >= 0.6 is 0 Å². The maximum Gasteiger partial charge on any atom is 0.323 e. The number of nitrogens with zero attached hydrogens (tertiary/aromatic N) is 1. The van der Waals surface area contributed by atoms with Crippen molar-refractivity contribution in [1.29, 1.82) is 0 Å². The number of carbonyl (C=O) groups is 7. The van der Waals surface area contributed by atoms with Crippen molar-refractivity contribution in [2.75, 3.05) is 27.4 Å². The van der Waals surface area contributed by atoms with Gasteiger partial charge in [0.25, 0.3) is 0 Å². The molecule has 0 radical (unpaired) electrons. The van der Waals surface area contributed by atoms with Crippen LogP contribution in [0.1, 0.15) is 40.7 Å². The zero-order valence-corrected chi connectivity index (χ0v) is 25.3. The number of urea groups is 1. The summed E-state index contributed by atoms with van der Waals surface area (Å²) in [5, 5.41) is 26.7. The minimum absolute atomic E-state index is 0.0647. The van der Waals surface area contributed by atoms with Gasteiger partial charge in [-0.3, -0.25) is 28.8 Å². The van der Waals surface area contributed by atoms with E-state index in [1.807, 2.05) is 25.1 Å². The smallest absolute Gasteiger partial charge is 0.323 e. The molecular weight excluding hydrogens is 610 g/mol. The van der Waals surface area contributed by atoms with Gasteiger partial charge in [-0.1, -0.05) is 30.3 Å². The number of carboxylic acid groups (broad SMARTS) is 2. The number of para-hydroxylation sites is 1. The zero-order valence-electron chi connectivity index (χ0n) is 25.3. The third-order valence-electron chi connectivity index (χ3n) is 7.63. The Morgan fingerprint density at radius 2 is 1.57 bits per heavy atom. The van der Waals surface area contributed by atoms with Crippen LogP contribution in [0.4, 0.5) is 27.5 Å². The second kappa shape index (κ2) is 14.8. The topological polar surface area (TPSA) is 225 Å². The normalized spacial score (nSPS) is 14.7. The standard InChI is InChI=1S/C33H33N5O9/c1-18-4-2-3-5-25(18)37-33(47)36-20-8-6-19(7-9-20)14-27(39)35-21-10-11-26-24(15-21)31(45)22(23(32(34)46)17-30(43)44)16-28(40)38(26)13-12-29(41)42/h2-11,15,22-23H,12-14,16-17H2,1H3,(H2,34,46)(H,35,39)(H,41,42)(H,43,44)(H2,36,37,47). The second-order valence-corrected chi connectivity index (χ2v) is 11.0. The number of primary amides is 1. The van der Waals surface area contributed by atoms with E-state index in [-0.39, 0.29) is 29.9 Å². The van der Waals surface area contributed by atoms with Crippen molar-refractivity contribution in [1.82, 2.24) is 0 Å². The predicted octanol–water partition coefficient (Wildman–Crippen LogP) is 3.41. The van der Waals surface area contributed by atoms with E-state index in [4.69, 9.17) is 5.73 Å². The molecule has 4 rings (SSSR count). The molecule has 3 aromatic rings. The number of aliphatic carboxylic acids is 2. The Morgan fingerprint density at radius 3 is 2.21 bits per heavy atom. The summed E-state index contributed by atoms with van der Waals surface area (Å²) in [5.74, 6) is -8.44. The van der Waals surface area contributed by atoms with Gasteiger partial charge in [-0.25, -0.2) is 4.79 Å². The van der Waals surface area contributed by atoms with Crippen LogP contribution in [-0.2, 0) is 30.4 Å². The lowest BCUT2D eigenvalue weighted by atomic mass is 9.81. The molecule has 0 spiro atoms. The van der Waals surface area contributed by atoms with E-state index in [1.165, 1.54) is 18.2 Å². The fourth-order valence-corrected chi connectivity index (χ4v) is 5.27. The molecule has 14 nitrogen and oxygen atoms in total. The van der Waals surface area contributed by atoms with Crippen LogP contribution < -0.4 is 26.6 Å². The molecule has 2 unspecified atom stereocenters. The van der Waals surface area contributed by atoms with Gasteiger partial charge in [0.1, 0.15) is 0 Å². The predicted molar refractivity (Wildman–Crippen MR) is 171 cm³/mol. The molecule has 0 aliphatic carbocycles. The number of carbonyl (C=O) groups excluding carboxylic acids is 5. The number of hydrogen-bond acceptors (Lipinski definition) is 7. The molecule has 1 aliphatic rings. The molecule has 244 valence electrons. The average Bonchev–Trinajstić information content (AvgIpc) is 3.10. The fraction of sp³-hybridized carbons (Fsp3) is 0.242. The Morgan fingerprint density at radius 1 is 0.894 bits per heavy atom. The summed E-state index contributed by atoms with van der Waals surface area (Å²) in [6, 6.07) is 17.6. The van der Waals surface area contributed by atoms with Gasteiger partial charge in [-0.2, -0.15) is 0 Å². The highest BCUT2D eigenvalue weighted by atomic mass is 16.4. The molecule has 1 aliphatic heterocycles. The molecule has 0 saturated carbocycles. The Hall–Kier alpha value is -6.05. The fourth-order valence-electron chi connectivity index (χ4n) is 5.27. The van der Waals surface area contributed by atoms with Gasteiger partial charge in [0, 0.05) is 41.5 Å². The van der Waals surface area contributed by atoms with Crippen molar-refractivity contribution in [3.8, 4) is 0 Å². The van der Waals surface area contributed by atoms with Gasteiger partial charge in [0.15, 0.2) is 5.78 Å². The number of anilines is 4. The second-order valence-electron chi connectivity index (χ2n) is 11.0. The molecule has 0 bridgehead atoms. The average molecular weight is 644 g/mol. The molecule has 0 aromatic heterocycles. The lowest BCUT2D eigenvalue weighted by Crippen LogP contribution is -2.38. The number of fused-ring (bicyclic) bond motifs is 1. The highest BCUT2D eigenvalue weighted by Gasteiger charge is 2.41. The van der Waals surface area contributed by atoms with E-state index in [2.05, 4.69) is 16.0 Å². The van der Waals surface area contributed by atoms with Crippen LogP contribution in [0.5, 0.6) is 0 Å². The highest BCUT2D eigenvalue weighted by Crippen LogP contribution is 2.36. The number of aryl methyl sites for hydroxylation is 1. The van der Waals surface area contributed by atoms with Gasteiger partial charge >= 0.3 is 18.0 Å². The number of nitrogens with one attached hydrogen (secondary N) is 3. The SMILES string of the molecule is Cc1ccccc1NC(=O)Nc1ccc(CC(=O)Nc2ccc3c(c2)C(=O)C(C(CC(=O)O)C(N)=O)CC(=O)N3CCC(=O)O)cc1. The van der Waals surface area contributed by atoms with E-state index in [0.29, 0.717) is 16.9 Å². The highest BCUT2D eigenvalue weighted by molar-refractivity contribution is 6.13. The maximum atomic E-state index is 13.7. The molecule has 14 heteroatoms. The summed E-state index contributed by atoms with van der Waals surface area (Å²) >= 11 is 0. The van der Waals surface area contributed by atoms with E-state index in [9.17, 15) is 43.8 Å². The molecule has 47 heavy (non-hydrogen) atoms. The van der Waals surface area contributed by atoms with E-state index in [0.717, 1.165) is 10.5 Å². The molecule has 3 aromatic carbocycles. The van der Waals surface area contributed by atoms with Crippen molar-refractivity contribution in [2.45, 2.75) is 32.6 Å². The molecule has 5 amide bonds. The van der Waals surface area contributed by atoms with Gasteiger partial charge in [0.2, 0.25) is 17.7 Å². The van der Waals surface area contributed by atoms with E-state index in [1.54, 1.807) is 30.3 Å². The number of hydrogen-bond donors (Lipinski definition) is 6. The first-order valence-electron chi connectivity index (χ1n) is 14.6. The minimum Gasteiger partial charge on any atom is -0.481 e. The minimum atomic E-state index is -1.50. The number of benzene rings is 3. The molecular formula is C33H33N5O9. The summed E-state index contributed by atoms with van der Waals surface area (Å²) in [6.45, 7) is 1.58. The Kier molecular flexibility index (Phi) is 10.7. The largest absolute Gasteiger partial charge is 0.481 e. The zero-order chi connectivity index (χ0) is 34.2. The number of ketones is 1. The van der Waals surface area contributed by atoms with Crippen LogP contribution in [0, 0.1) is 18.8 Å². The van der Waals surface area contributed by atoms with Crippen molar-refractivity contribution in [3.05, 3.63) is 83.4 Å². The quantitative estimate of drug-likeness (QED) is 0.170. The van der Waals surface area contributed by atoms with Crippen LogP contribution in [0.25, 0.3) is 0 Å². The van der Waals surface area contributed by atoms with Crippen LogP contribution in [0.15, 0.2) is 66.7 Å². The summed E-state index contributed by atoms with van der Waals surface area (Å²) in [7, 11) is 0. The number of carboxylic acids is 2. The molecule has 2 atom stereocenters. The van der Waals surface area contributed by atoms with E-state index >= 15 is 0 Å². The summed E-state index contributed by atoms with van der Waals surface area (Å²) in [5.41, 5.74) is 8.25. The first-order chi connectivity index (χ1) is 22.3. The third-order valence-corrected chi connectivity index (χ3v) is 7.63. The van der Waals surface area contributed by atoms with Crippen LogP contribution in [-0.4, -0.2) is 58.2 Å². The summed E-state index contributed by atoms with van der Waals surface area (Å²) < 4.78 is 0. The number of amides is 5. The molecule has 7 N–H and O–H groups in total. The first-order valence-corrected chi connectivity index (χ1v) is 14.6. The van der Waals surface area contributed by atoms with Gasteiger partial charge in [0.05, 0.1) is 30.9 Å². The van der Waals surface area contributed by atoms with E-state index < -0.39 is 72.6 Å².